The highest BCUT2D eigenvalue weighted by Crippen LogP contribution is 2.35. The predicted molar refractivity (Wildman–Crippen MR) is 102 cm³/mol. The van der Waals surface area contributed by atoms with Gasteiger partial charge in [-0.1, -0.05) is 44.2 Å². The second kappa shape index (κ2) is 8.12. The van der Waals surface area contributed by atoms with Crippen LogP contribution in [0.25, 0.3) is 5.76 Å². The van der Waals surface area contributed by atoms with Gasteiger partial charge in [0.05, 0.1) is 19.9 Å². The Morgan fingerprint density at radius 2 is 2.00 bits per heavy atom. The summed E-state index contributed by atoms with van der Waals surface area (Å²) in [6.45, 7) is 6.77. The van der Waals surface area contributed by atoms with Crippen molar-refractivity contribution in [1.29, 1.82) is 0 Å². The molecule has 0 amide bonds. The van der Waals surface area contributed by atoms with Crippen LogP contribution in [-0.2, 0) is 27.4 Å². The van der Waals surface area contributed by atoms with E-state index in [1.807, 2.05) is 43.3 Å². The molecule has 1 aliphatic heterocycles. The molecule has 2 aromatic rings. The molecule has 0 spiro atoms. The molecule has 0 N–H and O–H groups in total. The second-order valence-electron chi connectivity index (χ2n) is 6.67. The van der Waals surface area contributed by atoms with Crippen LogP contribution in [0, 0.1) is 5.92 Å². The molecule has 142 valence electrons. The molecule has 1 aromatic heterocycles. The molecule has 0 fully saturated rings. The number of hydrogen-bond acceptors (Lipinski definition) is 6. The van der Waals surface area contributed by atoms with E-state index in [4.69, 9.17) is 13.9 Å². The number of rotatable bonds is 6. The minimum absolute atomic E-state index is 0.246. The van der Waals surface area contributed by atoms with E-state index in [1.54, 1.807) is 11.3 Å². The maximum Gasteiger partial charge on any atom is 0.360 e. The third kappa shape index (κ3) is 4.05. The van der Waals surface area contributed by atoms with Crippen molar-refractivity contribution >= 4 is 17.4 Å². The van der Waals surface area contributed by atoms with Gasteiger partial charge in [0.25, 0.3) is 0 Å². The number of nitrogens with zero attached hydrogens (tertiary/aromatic N) is 2. The Bertz CT molecular complexity index is 865. The molecule has 0 bridgehead atoms. The molecule has 0 unspecified atom stereocenters. The lowest BCUT2D eigenvalue weighted by molar-refractivity contribution is -0.138. The quantitative estimate of drug-likeness (QED) is 0.565. The molecule has 6 heteroatoms. The lowest BCUT2D eigenvalue weighted by Gasteiger charge is -2.28. The van der Waals surface area contributed by atoms with Gasteiger partial charge in [-0.3, -0.25) is 5.01 Å². The van der Waals surface area contributed by atoms with E-state index in [1.165, 1.54) is 7.11 Å². The molecule has 0 radical (unpaired) electrons. The smallest absolute Gasteiger partial charge is 0.360 e. The Morgan fingerprint density at radius 1 is 1.26 bits per heavy atom. The summed E-state index contributed by atoms with van der Waals surface area (Å²) in [5, 5.41) is 6.28. The van der Waals surface area contributed by atoms with E-state index in [-0.39, 0.29) is 11.6 Å². The largest absolute Gasteiger partial charge is 0.483 e. The highest BCUT2D eigenvalue weighted by Gasteiger charge is 2.34. The van der Waals surface area contributed by atoms with Crippen LogP contribution in [0.15, 0.2) is 57.9 Å². The monoisotopic (exact) mass is 368 g/mol. The van der Waals surface area contributed by atoms with Gasteiger partial charge in [0.1, 0.15) is 6.61 Å². The molecular formula is C21H24N2O4. The van der Waals surface area contributed by atoms with E-state index < -0.39 is 5.97 Å². The van der Waals surface area contributed by atoms with Crippen molar-refractivity contribution in [1.82, 2.24) is 5.01 Å². The fraction of sp³-hybridized carbons (Fsp3) is 0.333. The van der Waals surface area contributed by atoms with Gasteiger partial charge in [-0.15, -0.1) is 0 Å². The average molecular weight is 368 g/mol. The average Bonchev–Trinajstić information content (AvgIpc) is 3.14. The first-order valence-corrected chi connectivity index (χ1v) is 8.90. The molecule has 0 aliphatic carbocycles. The fourth-order valence-corrected chi connectivity index (χ4v) is 2.67. The van der Waals surface area contributed by atoms with Crippen molar-refractivity contribution in [3.63, 3.8) is 0 Å². The summed E-state index contributed by atoms with van der Waals surface area (Å²) in [5.41, 5.74) is 3.05. The van der Waals surface area contributed by atoms with Crippen LogP contribution in [0.5, 0.6) is 0 Å². The van der Waals surface area contributed by atoms with E-state index in [9.17, 15) is 4.79 Å². The van der Waals surface area contributed by atoms with E-state index in [2.05, 4.69) is 18.9 Å². The number of hydrazone groups is 1. The van der Waals surface area contributed by atoms with Gasteiger partial charge in [-0.2, -0.15) is 5.10 Å². The van der Waals surface area contributed by atoms with Crippen molar-refractivity contribution < 1.29 is 18.7 Å². The minimum atomic E-state index is -0.514. The van der Waals surface area contributed by atoms with Gasteiger partial charge < -0.3 is 13.9 Å². The highest BCUT2D eigenvalue weighted by molar-refractivity contribution is 5.96. The predicted octanol–water partition coefficient (Wildman–Crippen LogP) is 4.19. The first-order chi connectivity index (χ1) is 13.0. The number of carbonyl (C=O) groups excluding carboxylic acids is 1. The van der Waals surface area contributed by atoms with Crippen molar-refractivity contribution in [3.8, 4) is 0 Å². The number of ether oxygens (including phenoxy) is 2. The Morgan fingerprint density at radius 3 is 2.67 bits per heavy atom. The van der Waals surface area contributed by atoms with E-state index in [0.717, 1.165) is 16.8 Å². The van der Waals surface area contributed by atoms with Crippen LogP contribution >= 0.6 is 0 Å². The molecule has 27 heavy (non-hydrogen) atoms. The van der Waals surface area contributed by atoms with Gasteiger partial charge >= 0.3 is 5.97 Å². The molecule has 1 aliphatic rings. The van der Waals surface area contributed by atoms with Crippen LogP contribution in [0.1, 0.15) is 37.7 Å². The Kier molecular flexibility index (Phi) is 5.64. The summed E-state index contributed by atoms with van der Waals surface area (Å²) in [7, 11) is 1.35. The number of esters is 1. The van der Waals surface area contributed by atoms with E-state index in [0.29, 0.717) is 24.7 Å². The highest BCUT2D eigenvalue weighted by atomic mass is 16.5. The van der Waals surface area contributed by atoms with Crippen LogP contribution in [0.4, 0.5) is 0 Å². The first-order valence-electron chi connectivity index (χ1n) is 8.90. The fourth-order valence-electron chi connectivity index (χ4n) is 2.67. The van der Waals surface area contributed by atoms with Gasteiger partial charge in [0.15, 0.2) is 17.2 Å². The second-order valence-corrected chi connectivity index (χ2v) is 6.67. The summed E-state index contributed by atoms with van der Waals surface area (Å²) < 4.78 is 16.7. The van der Waals surface area contributed by atoms with Crippen LogP contribution in [-0.4, -0.2) is 23.8 Å². The molecule has 2 heterocycles. The van der Waals surface area contributed by atoms with Gasteiger partial charge in [-0.05, 0) is 24.5 Å². The lowest BCUT2D eigenvalue weighted by atomic mass is 10.1. The Labute approximate surface area is 159 Å². The molecule has 0 saturated carbocycles. The number of fused-ring (bicyclic) bond motifs is 1. The van der Waals surface area contributed by atoms with Crippen molar-refractivity contribution in [2.24, 2.45) is 11.0 Å². The number of benzene rings is 1. The minimum Gasteiger partial charge on any atom is -0.483 e. The summed E-state index contributed by atoms with van der Waals surface area (Å²) in [5.74, 6) is 0.626. The molecule has 3 rings (SSSR count). The zero-order valence-corrected chi connectivity index (χ0v) is 16.1. The topological polar surface area (TPSA) is 64.3 Å². The van der Waals surface area contributed by atoms with Gasteiger partial charge in [0.2, 0.25) is 0 Å². The van der Waals surface area contributed by atoms with Crippen LogP contribution in [0.3, 0.4) is 0 Å². The summed E-state index contributed by atoms with van der Waals surface area (Å²) in [6, 6.07) is 11.6. The number of carbonyl (C=O) groups is 1. The zero-order chi connectivity index (χ0) is 19.4. The maximum atomic E-state index is 12.6. The van der Waals surface area contributed by atoms with Crippen molar-refractivity contribution in [2.75, 3.05) is 7.11 Å². The Balaban J connectivity index is 2.04. The summed E-state index contributed by atoms with van der Waals surface area (Å²) >= 11 is 0. The molecular weight excluding hydrogens is 344 g/mol. The SMILES string of the molecule is COC(=O)C1=C(OCc2ccccc2)c2occc2CN1/N=C(\C)C(C)C. The van der Waals surface area contributed by atoms with Gasteiger partial charge in [0, 0.05) is 11.3 Å². The zero-order valence-electron chi connectivity index (χ0n) is 16.1. The molecule has 6 nitrogen and oxygen atoms in total. The van der Waals surface area contributed by atoms with Gasteiger partial charge in [-0.25, -0.2) is 4.79 Å². The summed E-state index contributed by atoms with van der Waals surface area (Å²) in [4.78, 5) is 12.6. The normalized spacial score (nSPS) is 14.4. The van der Waals surface area contributed by atoms with Crippen LogP contribution in [0.2, 0.25) is 0 Å². The molecule has 1 aromatic carbocycles. The van der Waals surface area contributed by atoms with Crippen LogP contribution < -0.4 is 0 Å². The third-order valence-electron chi connectivity index (χ3n) is 4.47. The summed E-state index contributed by atoms with van der Waals surface area (Å²) in [6.07, 6.45) is 1.59. The molecule has 0 saturated heterocycles. The number of hydrogen-bond donors (Lipinski definition) is 0. The van der Waals surface area contributed by atoms with Crippen molar-refractivity contribution in [3.05, 3.63) is 65.2 Å². The molecule has 0 atom stereocenters. The third-order valence-corrected chi connectivity index (χ3v) is 4.47. The Hall–Kier alpha value is -3.02. The maximum absolute atomic E-state index is 12.6. The lowest BCUT2D eigenvalue weighted by Crippen LogP contribution is -2.30. The van der Waals surface area contributed by atoms with Crippen molar-refractivity contribution in [2.45, 2.75) is 33.9 Å². The standard InChI is InChI=1S/C21H24N2O4/c1-14(2)15(3)22-23-12-17-10-11-26-19(17)20(18(23)21(24)25-4)27-13-16-8-6-5-7-9-16/h5-11,14H,12-13H2,1-4H3/b22-15+. The number of methoxy groups -OCH3 is 1. The van der Waals surface area contributed by atoms with E-state index >= 15 is 0 Å². The first kappa shape index (κ1) is 18.8. The number of furan rings is 1.